The van der Waals surface area contributed by atoms with Gasteiger partial charge in [0.2, 0.25) is 0 Å². The Labute approximate surface area is 118 Å². The smallest absolute Gasteiger partial charge is 0.320 e. The zero-order chi connectivity index (χ0) is 14.0. The summed E-state index contributed by atoms with van der Waals surface area (Å²) in [5.74, 6) is -1.00. The summed E-state index contributed by atoms with van der Waals surface area (Å²) in [6.45, 7) is 4.15. The van der Waals surface area contributed by atoms with Gasteiger partial charge in [0.05, 0.1) is 0 Å². The number of carboxylic acids is 1. The number of carboxylic acid groups (broad SMARTS) is 1. The molecule has 1 aliphatic rings. The number of carbonyl (C=O) groups is 1. The van der Waals surface area contributed by atoms with Crippen LogP contribution in [0.4, 0.5) is 5.69 Å². The molecule has 0 amide bonds. The molecule has 0 aliphatic carbocycles. The van der Waals surface area contributed by atoms with Crippen LogP contribution in [-0.4, -0.2) is 30.2 Å². The first-order chi connectivity index (χ1) is 8.99. The van der Waals surface area contributed by atoms with Gasteiger partial charge in [-0.15, -0.1) is 0 Å². The lowest BCUT2D eigenvalue weighted by molar-refractivity contribution is -0.138. The minimum absolute atomic E-state index is 0.259. The summed E-state index contributed by atoms with van der Waals surface area (Å²) in [7, 11) is 0. The first kappa shape index (κ1) is 14.2. The average Bonchev–Trinajstić information content (AvgIpc) is 2.86. The van der Waals surface area contributed by atoms with Crippen LogP contribution in [0, 0.1) is 6.92 Å². The molecule has 1 saturated heterocycles. The molecule has 1 aromatic carbocycles. The van der Waals surface area contributed by atoms with E-state index in [-0.39, 0.29) is 6.42 Å². The Morgan fingerprint density at radius 3 is 2.68 bits per heavy atom. The van der Waals surface area contributed by atoms with Gasteiger partial charge in [-0.3, -0.25) is 4.79 Å². The molecule has 0 aromatic heterocycles. The van der Waals surface area contributed by atoms with Crippen LogP contribution < -0.4 is 10.6 Å². The van der Waals surface area contributed by atoms with E-state index in [0.717, 1.165) is 29.9 Å². The van der Waals surface area contributed by atoms with Gasteiger partial charge in [0.1, 0.15) is 6.04 Å². The third-order valence-electron chi connectivity index (χ3n) is 3.57. The van der Waals surface area contributed by atoms with E-state index in [1.807, 2.05) is 19.1 Å². The Balaban J connectivity index is 2.23. The third-order valence-corrected chi connectivity index (χ3v) is 3.92. The molecule has 1 aromatic rings. The molecule has 0 saturated carbocycles. The van der Waals surface area contributed by atoms with E-state index in [1.165, 1.54) is 12.8 Å². The molecular formula is C14H19ClN2O2. The number of rotatable bonds is 4. The second kappa shape index (κ2) is 5.80. The number of hydrogen-bond acceptors (Lipinski definition) is 3. The number of benzene rings is 1. The fourth-order valence-corrected chi connectivity index (χ4v) is 2.75. The molecule has 0 radical (unpaired) electrons. The Kier molecular flexibility index (Phi) is 4.32. The van der Waals surface area contributed by atoms with Crippen LogP contribution in [-0.2, 0) is 11.2 Å². The van der Waals surface area contributed by atoms with Crippen molar-refractivity contribution in [2.45, 2.75) is 32.2 Å². The van der Waals surface area contributed by atoms with Crippen molar-refractivity contribution in [2.24, 2.45) is 5.73 Å². The zero-order valence-electron chi connectivity index (χ0n) is 11.0. The number of hydrogen-bond donors (Lipinski definition) is 2. The Bertz CT molecular complexity index is 485. The van der Waals surface area contributed by atoms with Crippen LogP contribution in [0.1, 0.15) is 24.0 Å². The second-order valence-corrected chi connectivity index (χ2v) is 5.48. The second-order valence-electron chi connectivity index (χ2n) is 5.07. The number of nitrogens with zero attached hydrogens (tertiary/aromatic N) is 1. The van der Waals surface area contributed by atoms with Crippen molar-refractivity contribution in [2.75, 3.05) is 18.0 Å². The van der Waals surface area contributed by atoms with Crippen molar-refractivity contribution < 1.29 is 9.90 Å². The highest BCUT2D eigenvalue weighted by Gasteiger charge is 2.18. The van der Waals surface area contributed by atoms with Crippen LogP contribution in [0.3, 0.4) is 0 Å². The van der Waals surface area contributed by atoms with Crippen LogP contribution >= 0.6 is 11.6 Å². The summed E-state index contributed by atoms with van der Waals surface area (Å²) in [5.41, 5.74) is 8.63. The average molecular weight is 283 g/mol. The van der Waals surface area contributed by atoms with E-state index in [4.69, 9.17) is 22.4 Å². The minimum Gasteiger partial charge on any atom is -0.480 e. The van der Waals surface area contributed by atoms with E-state index in [1.54, 1.807) is 0 Å². The van der Waals surface area contributed by atoms with E-state index >= 15 is 0 Å². The Morgan fingerprint density at radius 2 is 2.11 bits per heavy atom. The molecule has 0 bridgehead atoms. The normalized spacial score (nSPS) is 16.7. The van der Waals surface area contributed by atoms with Gasteiger partial charge >= 0.3 is 5.97 Å². The lowest BCUT2D eigenvalue weighted by atomic mass is 10.0. The van der Waals surface area contributed by atoms with Crippen molar-refractivity contribution >= 4 is 23.3 Å². The van der Waals surface area contributed by atoms with Crippen molar-refractivity contribution in [3.63, 3.8) is 0 Å². The first-order valence-corrected chi connectivity index (χ1v) is 6.89. The molecule has 1 fully saturated rings. The highest BCUT2D eigenvalue weighted by molar-refractivity contribution is 6.31. The summed E-state index contributed by atoms with van der Waals surface area (Å²) < 4.78 is 0. The Hall–Kier alpha value is -1.26. The summed E-state index contributed by atoms with van der Waals surface area (Å²) in [6.07, 6.45) is 2.68. The third kappa shape index (κ3) is 3.19. The van der Waals surface area contributed by atoms with E-state index in [2.05, 4.69) is 4.90 Å². The summed E-state index contributed by atoms with van der Waals surface area (Å²) in [5, 5.41) is 9.46. The van der Waals surface area contributed by atoms with E-state index in [0.29, 0.717) is 5.02 Å². The summed E-state index contributed by atoms with van der Waals surface area (Å²) >= 11 is 6.25. The predicted octanol–water partition coefficient (Wildman–Crippen LogP) is 2.20. The molecule has 1 unspecified atom stereocenters. The quantitative estimate of drug-likeness (QED) is 0.888. The number of aliphatic carboxylic acids is 1. The molecule has 1 aliphatic heterocycles. The van der Waals surface area contributed by atoms with Gasteiger partial charge < -0.3 is 15.7 Å². The molecule has 4 nitrogen and oxygen atoms in total. The molecular weight excluding hydrogens is 264 g/mol. The van der Waals surface area contributed by atoms with Crippen LogP contribution in [0.15, 0.2) is 12.1 Å². The van der Waals surface area contributed by atoms with E-state index < -0.39 is 12.0 Å². The standard InChI is InChI=1S/C14H19ClN2O2/c1-9-6-10(7-12(16)14(18)19)11(15)8-13(9)17-4-2-3-5-17/h6,8,12H,2-5,7,16H2,1H3,(H,18,19). The van der Waals surface area contributed by atoms with Gasteiger partial charge in [0.25, 0.3) is 0 Å². The van der Waals surface area contributed by atoms with Gasteiger partial charge in [-0.2, -0.15) is 0 Å². The molecule has 0 spiro atoms. The molecule has 104 valence electrons. The van der Waals surface area contributed by atoms with E-state index in [9.17, 15) is 4.79 Å². The molecule has 2 rings (SSSR count). The monoisotopic (exact) mass is 282 g/mol. The lowest BCUT2D eigenvalue weighted by Crippen LogP contribution is -2.32. The minimum atomic E-state index is -1.00. The van der Waals surface area contributed by atoms with Crippen molar-refractivity contribution in [3.05, 3.63) is 28.3 Å². The van der Waals surface area contributed by atoms with Crippen molar-refractivity contribution in [1.82, 2.24) is 0 Å². The van der Waals surface area contributed by atoms with Gasteiger partial charge in [-0.1, -0.05) is 17.7 Å². The fraction of sp³-hybridized carbons (Fsp3) is 0.500. The first-order valence-electron chi connectivity index (χ1n) is 6.51. The van der Waals surface area contributed by atoms with Gasteiger partial charge in [-0.05, 0) is 43.4 Å². The highest BCUT2D eigenvalue weighted by Crippen LogP contribution is 2.30. The maximum atomic E-state index is 10.8. The van der Waals surface area contributed by atoms with Crippen LogP contribution in [0.2, 0.25) is 5.02 Å². The maximum Gasteiger partial charge on any atom is 0.320 e. The lowest BCUT2D eigenvalue weighted by Gasteiger charge is -2.22. The zero-order valence-corrected chi connectivity index (χ0v) is 11.8. The van der Waals surface area contributed by atoms with Crippen LogP contribution in [0.5, 0.6) is 0 Å². The Morgan fingerprint density at radius 1 is 1.47 bits per heavy atom. The number of anilines is 1. The molecule has 5 heteroatoms. The molecule has 19 heavy (non-hydrogen) atoms. The van der Waals surface area contributed by atoms with Gasteiger partial charge in [0.15, 0.2) is 0 Å². The predicted molar refractivity (Wildman–Crippen MR) is 77.0 cm³/mol. The summed E-state index contributed by atoms with van der Waals surface area (Å²) in [4.78, 5) is 13.1. The fourth-order valence-electron chi connectivity index (χ4n) is 2.51. The van der Waals surface area contributed by atoms with Crippen LogP contribution in [0.25, 0.3) is 0 Å². The number of nitrogens with two attached hydrogens (primary N) is 1. The largest absolute Gasteiger partial charge is 0.480 e. The topological polar surface area (TPSA) is 66.6 Å². The highest BCUT2D eigenvalue weighted by atomic mass is 35.5. The SMILES string of the molecule is Cc1cc(CC(N)C(=O)O)c(Cl)cc1N1CCCC1. The molecule has 1 heterocycles. The molecule has 1 atom stereocenters. The van der Waals surface area contributed by atoms with Crippen molar-refractivity contribution in [1.29, 1.82) is 0 Å². The summed E-state index contributed by atoms with van der Waals surface area (Å²) in [6, 6.07) is 2.99. The van der Waals surface area contributed by atoms with Gasteiger partial charge in [-0.25, -0.2) is 0 Å². The number of halogens is 1. The van der Waals surface area contributed by atoms with Crippen molar-refractivity contribution in [3.8, 4) is 0 Å². The van der Waals surface area contributed by atoms with Gasteiger partial charge in [0, 0.05) is 23.8 Å². The number of aryl methyl sites for hydroxylation is 1. The maximum absolute atomic E-state index is 10.8. The molecule has 3 N–H and O–H groups in total.